The second-order valence-electron chi connectivity index (χ2n) is 4.83. The Morgan fingerprint density at radius 3 is 2.61 bits per heavy atom. The minimum absolute atomic E-state index is 0.140. The van der Waals surface area contributed by atoms with E-state index in [-0.39, 0.29) is 5.91 Å². The van der Waals surface area contributed by atoms with E-state index >= 15 is 0 Å². The Labute approximate surface area is 143 Å². The number of rotatable bonds is 4. The first-order chi connectivity index (χ1) is 11.2. The second-order valence-corrected chi connectivity index (χ2v) is 6.71. The van der Waals surface area contributed by atoms with Gasteiger partial charge in [0.2, 0.25) is 0 Å². The molecule has 1 N–H and O–H groups in total. The van der Waals surface area contributed by atoms with Crippen LogP contribution in [0.5, 0.6) is 0 Å². The fourth-order valence-corrected chi connectivity index (χ4v) is 3.41. The molecule has 2 heterocycles. The predicted octanol–water partition coefficient (Wildman–Crippen LogP) is 4.49. The summed E-state index contributed by atoms with van der Waals surface area (Å²) in [4.78, 5) is 23.0. The molecule has 0 aliphatic carbocycles. The van der Waals surface area contributed by atoms with Crippen LogP contribution in [0.1, 0.15) is 15.4 Å². The summed E-state index contributed by atoms with van der Waals surface area (Å²) in [5, 5.41) is 3.67. The van der Waals surface area contributed by atoms with E-state index in [0.717, 1.165) is 21.3 Å². The molecule has 3 aromatic rings. The van der Waals surface area contributed by atoms with E-state index in [9.17, 15) is 4.79 Å². The zero-order chi connectivity index (χ0) is 16.2. The molecule has 0 radical (unpaired) electrons. The highest BCUT2D eigenvalue weighted by molar-refractivity contribution is 7.98. The van der Waals surface area contributed by atoms with Crippen LogP contribution in [-0.4, -0.2) is 22.1 Å². The maximum atomic E-state index is 12.5. The minimum Gasteiger partial charge on any atom is -0.321 e. The second kappa shape index (κ2) is 6.93. The molecular weight excluding hydrogens is 326 g/mol. The van der Waals surface area contributed by atoms with Crippen molar-refractivity contribution >= 4 is 34.7 Å². The molecule has 3 rings (SSSR count). The Hall–Kier alpha value is -2.18. The monoisotopic (exact) mass is 341 g/mol. The van der Waals surface area contributed by atoms with E-state index in [2.05, 4.69) is 15.3 Å². The molecule has 0 saturated carbocycles. The van der Waals surface area contributed by atoms with Crippen molar-refractivity contribution in [1.82, 2.24) is 9.97 Å². The van der Waals surface area contributed by atoms with Gasteiger partial charge < -0.3 is 5.32 Å². The SMILES string of the molecule is CSc1ccc(NC(=O)c2sc(-c3ccccn3)nc2C)cc1. The summed E-state index contributed by atoms with van der Waals surface area (Å²) in [6, 6.07) is 13.4. The Bertz CT molecular complexity index is 814. The van der Waals surface area contributed by atoms with Crippen molar-refractivity contribution < 1.29 is 4.79 Å². The lowest BCUT2D eigenvalue weighted by atomic mass is 10.3. The Morgan fingerprint density at radius 1 is 1.17 bits per heavy atom. The highest BCUT2D eigenvalue weighted by Gasteiger charge is 2.16. The normalized spacial score (nSPS) is 10.5. The van der Waals surface area contributed by atoms with Gasteiger partial charge in [-0.05, 0) is 49.6 Å². The summed E-state index contributed by atoms with van der Waals surface area (Å²) in [5.41, 5.74) is 2.28. The van der Waals surface area contributed by atoms with Crippen molar-refractivity contribution in [3.8, 4) is 10.7 Å². The van der Waals surface area contributed by atoms with E-state index in [1.807, 2.05) is 55.6 Å². The molecule has 1 aromatic carbocycles. The molecule has 0 aliphatic heterocycles. The lowest BCUT2D eigenvalue weighted by Crippen LogP contribution is -2.11. The van der Waals surface area contributed by atoms with E-state index in [0.29, 0.717) is 10.6 Å². The van der Waals surface area contributed by atoms with Crippen molar-refractivity contribution in [2.45, 2.75) is 11.8 Å². The third kappa shape index (κ3) is 3.60. The van der Waals surface area contributed by atoms with Gasteiger partial charge in [0.05, 0.1) is 11.4 Å². The van der Waals surface area contributed by atoms with Gasteiger partial charge in [-0.25, -0.2) is 4.98 Å². The zero-order valence-corrected chi connectivity index (χ0v) is 14.4. The maximum absolute atomic E-state index is 12.5. The molecule has 2 aromatic heterocycles. The molecular formula is C17H15N3OS2. The number of carbonyl (C=O) groups excluding carboxylic acids is 1. The Kier molecular flexibility index (Phi) is 4.73. The average Bonchev–Trinajstić information content (AvgIpc) is 2.98. The third-order valence-corrected chi connectivity index (χ3v) is 5.16. The molecule has 0 fully saturated rings. The summed E-state index contributed by atoms with van der Waals surface area (Å²) in [6.07, 6.45) is 3.74. The van der Waals surface area contributed by atoms with Gasteiger partial charge in [0.15, 0.2) is 0 Å². The molecule has 0 unspecified atom stereocenters. The molecule has 0 atom stereocenters. The number of hydrogen-bond donors (Lipinski definition) is 1. The molecule has 0 bridgehead atoms. The maximum Gasteiger partial charge on any atom is 0.267 e. The first kappa shape index (κ1) is 15.7. The predicted molar refractivity (Wildman–Crippen MR) is 96.3 cm³/mol. The lowest BCUT2D eigenvalue weighted by molar-refractivity contribution is 0.103. The minimum atomic E-state index is -0.140. The molecule has 4 nitrogen and oxygen atoms in total. The summed E-state index contributed by atoms with van der Waals surface area (Å²) in [6.45, 7) is 1.84. The number of thiazole rings is 1. The number of pyridine rings is 1. The van der Waals surface area contributed by atoms with E-state index in [1.54, 1.807) is 18.0 Å². The van der Waals surface area contributed by atoms with E-state index < -0.39 is 0 Å². The smallest absolute Gasteiger partial charge is 0.267 e. The molecule has 116 valence electrons. The molecule has 1 amide bonds. The number of amides is 1. The zero-order valence-electron chi connectivity index (χ0n) is 12.7. The van der Waals surface area contributed by atoms with E-state index in [4.69, 9.17) is 0 Å². The van der Waals surface area contributed by atoms with Gasteiger partial charge in [-0.3, -0.25) is 9.78 Å². The van der Waals surface area contributed by atoms with Gasteiger partial charge in [0, 0.05) is 16.8 Å². The fraction of sp³-hybridized carbons (Fsp3) is 0.118. The van der Waals surface area contributed by atoms with Crippen LogP contribution < -0.4 is 5.32 Å². The summed E-state index contributed by atoms with van der Waals surface area (Å²) in [7, 11) is 0. The van der Waals surface area contributed by atoms with Crippen LogP contribution in [-0.2, 0) is 0 Å². The van der Waals surface area contributed by atoms with Gasteiger partial charge in [-0.1, -0.05) is 6.07 Å². The number of aryl methyl sites for hydroxylation is 1. The van der Waals surface area contributed by atoms with Gasteiger partial charge in [-0.15, -0.1) is 23.1 Å². The molecule has 0 aliphatic rings. The number of nitrogens with one attached hydrogen (secondary N) is 1. The number of anilines is 1. The van der Waals surface area contributed by atoms with Crippen LogP contribution in [0.4, 0.5) is 5.69 Å². The van der Waals surface area contributed by atoms with Crippen LogP contribution in [0.2, 0.25) is 0 Å². The van der Waals surface area contributed by atoms with E-state index in [1.165, 1.54) is 11.3 Å². The number of benzene rings is 1. The van der Waals surface area contributed by atoms with Crippen LogP contribution in [0.3, 0.4) is 0 Å². The van der Waals surface area contributed by atoms with Crippen LogP contribution in [0, 0.1) is 6.92 Å². The van der Waals surface area contributed by atoms with Gasteiger partial charge in [0.25, 0.3) is 5.91 Å². The third-order valence-electron chi connectivity index (χ3n) is 3.23. The lowest BCUT2D eigenvalue weighted by Gasteiger charge is -2.04. The number of carbonyl (C=O) groups is 1. The topological polar surface area (TPSA) is 54.9 Å². The summed E-state index contributed by atoms with van der Waals surface area (Å²) < 4.78 is 0. The van der Waals surface area contributed by atoms with Crippen molar-refractivity contribution in [3.63, 3.8) is 0 Å². The average molecular weight is 341 g/mol. The first-order valence-electron chi connectivity index (χ1n) is 7.01. The molecule has 0 spiro atoms. The number of aromatic nitrogens is 2. The highest BCUT2D eigenvalue weighted by atomic mass is 32.2. The number of nitrogens with zero attached hydrogens (tertiary/aromatic N) is 2. The van der Waals surface area contributed by atoms with Crippen molar-refractivity contribution in [1.29, 1.82) is 0 Å². The molecule has 6 heteroatoms. The number of thioether (sulfide) groups is 1. The summed E-state index contributed by atoms with van der Waals surface area (Å²) >= 11 is 3.03. The Balaban J connectivity index is 1.81. The van der Waals surface area contributed by atoms with Crippen molar-refractivity contribution in [3.05, 3.63) is 59.2 Å². The van der Waals surface area contributed by atoms with Gasteiger partial charge in [-0.2, -0.15) is 0 Å². The van der Waals surface area contributed by atoms with Gasteiger partial charge >= 0.3 is 0 Å². The van der Waals surface area contributed by atoms with Crippen LogP contribution in [0.25, 0.3) is 10.7 Å². The standard InChI is InChI=1S/C17H15N3OS2/c1-11-15(23-17(19-11)14-5-3-4-10-18-14)16(21)20-12-6-8-13(22-2)9-7-12/h3-10H,1-2H3,(H,20,21). The van der Waals surface area contributed by atoms with Crippen molar-refractivity contribution in [2.24, 2.45) is 0 Å². The molecule has 0 saturated heterocycles. The number of hydrogen-bond acceptors (Lipinski definition) is 5. The molecule has 23 heavy (non-hydrogen) atoms. The fourth-order valence-electron chi connectivity index (χ4n) is 2.07. The quantitative estimate of drug-likeness (QED) is 0.711. The van der Waals surface area contributed by atoms with Crippen LogP contribution >= 0.6 is 23.1 Å². The first-order valence-corrected chi connectivity index (χ1v) is 9.06. The largest absolute Gasteiger partial charge is 0.321 e. The summed E-state index contributed by atoms with van der Waals surface area (Å²) in [5.74, 6) is -0.140. The van der Waals surface area contributed by atoms with Crippen LogP contribution in [0.15, 0.2) is 53.6 Å². The highest BCUT2D eigenvalue weighted by Crippen LogP contribution is 2.27. The van der Waals surface area contributed by atoms with Crippen molar-refractivity contribution in [2.75, 3.05) is 11.6 Å². The Morgan fingerprint density at radius 2 is 1.96 bits per heavy atom. The van der Waals surface area contributed by atoms with Gasteiger partial charge in [0.1, 0.15) is 9.88 Å².